The van der Waals surface area contributed by atoms with Gasteiger partial charge in [-0.2, -0.15) is 4.98 Å². The maximum absolute atomic E-state index is 12.9. The molecule has 7 nitrogen and oxygen atoms in total. The molecule has 0 radical (unpaired) electrons. The van der Waals surface area contributed by atoms with Crippen LogP contribution in [0.2, 0.25) is 0 Å². The molecule has 0 atom stereocenters. The highest BCUT2D eigenvalue weighted by Crippen LogP contribution is 2.19. The lowest BCUT2D eigenvalue weighted by Crippen LogP contribution is -2.41. The summed E-state index contributed by atoms with van der Waals surface area (Å²) in [5.74, 6) is 0.180. The van der Waals surface area contributed by atoms with Gasteiger partial charge in [0.05, 0.1) is 0 Å². The van der Waals surface area contributed by atoms with Crippen LogP contribution < -0.4 is 5.73 Å². The van der Waals surface area contributed by atoms with Gasteiger partial charge in [0.2, 0.25) is 23.5 Å². The second-order valence-corrected chi connectivity index (χ2v) is 6.43. The number of amides is 2. The van der Waals surface area contributed by atoms with Crippen molar-refractivity contribution in [1.82, 2.24) is 15.0 Å². The Hall–Kier alpha value is -2.77. The fourth-order valence-corrected chi connectivity index (χ4v) is 3.03. The molecule has 26 heavy (non-hydrogen) atoms. The van der Waals surface area contributed by atoms with Crippen molar-refractivity contribution >= 4 is 11.8 Å². The van der Waals surface area contributed by atoms with Gasteiger partial charge in [-0.3, -0.25) is 9.59 Å². The molecule has 3 rings (SSSR count). The molecule has 1 aliphatic heterocycles. The highest BCUT2D eigenvalue weighted by atomic mass is 19.1. The van der Waals surface area contributed by atoms with Crippen molar-refractivity contribution in [2.45, 2.75) is 32.1 Å². The third kappa shape index (κ3) is 4.44. The Morgan fingerprint density at radius 2 is 1.92 bits per heavy atom. The van der Waals surface area contributed by atoms with Crippen LogP contribution in [-0.4, -0.2) is 39.9 Å². The van der Waals surface area contributed by atoms with Crippen LogP contribution in [0.5, 0.6) is 0 Å². The summed E-state index contributed by atoms with van der Waals surface area (Å²) in [4.78, 5) is 29.4. The molecule has 1 aromatic heterocycles. The highest BCUT2D eigenvalue weighted by molar-refractivity contribution is 5.78. The number of benzene rings is 1. The number of nitrogens with two attached hydrogens (primary N) is 1. The lowest BCUT2D eigenvalue weighted by Gasteiger charge is -2.30. The molecule has 2 heterocycles. The van der Waals surface area contributed by atoms with Crippen LogP contribution >= 0.6 is 0 Å². The van der Waals surface area contributed by atoms with E-state index in [-0.39, 0.29) is 23.5 Å². The highest BCUT2D eigenvalue weighted by Gasteiger charge is 2.25. The summed E-state index contributed by atoms with van der Waals surface area (Å²) < 4.78 is 18.1. The molecule has 1 aliphatic rings. The zero-order chi connectivity index (χ0) is 18.5. The van der Waals surface area contributed by atoms with Crippen LogP contribution in [0.15, 0.2) is 28.8 Å². The molecular weight excluding hydrogens is 339 g/mol. The Bertz CT molecular complexity index is 767. The van der Waals surface area contributed by atoms with Crippen molar-refractivity contribution in [2.75, 3.05) is 13.1 Å². The number of halogens is 1. The number of hydrogen-bond acceptors (Lipinski definition) is 5. The number of nitrogens with zero attached hydrogens (tertiary/aromatic N) is 3. The molecular formula is C18H21FN4O3. The van der Waals surface area contributed by atoms with Gasteiger partial charge >= 0.3 is 0 Å². The maximum Gasteiger partial charge on any atom is 0.226 e. The minimum atomic E-state index is -0.323. The van der Waals surface area contributed by atoms with E-state index in [1.807, 2.05) is 0 Å². The number of likely N-dealkylation sites (tertiary alicyclic amines) is 1. The average molecular weight is 360 g/mol. The van der Waals surface area contributed by atoms with E-state index in [1.54, 1.807) is 17.0 Å². The van der Waals surface area contributed by atoms with Gasteiger partial charge in [-0.1, -0.05) is 5.16 Å². The maximum atomic E-state index is 12.9. The van der Waals surface area contributed by atoms with E-state index in [0.29, 0.717) is 62.5 Å². The molecule has 2 N–H and O–H groups in total. The van der Waals surface area contributed by atoms with Crippen LogP contribution in [0, 0.1) is 11.7 Å². The van der Waals surface area contributed by atoms with Crippen molar-refractivity contribution in [3.63, 3.8) is 0 Å². The number of carbonyl (C=O) groups is 2. The molecule has 0 unspecified atom stereocenters. The van der Waals surface area contributed by atoms with Gasteiger partial charge in [0, 0.05) is 37.4 Å². The normalized spacial score (nSPS) is 15.2. The topological polar surface area (TPSA) is 102 Å². The summed E-state index contributed by atoms with van der Waals surface area (Å²) >= 11 is 0. The van der Waals surface area contributed by atoms with E-state index in [0.717, 1.165) is 0 Å². The van der Waals surface area contributed by atoms with E-state index in [1.165, 1.54) is 12.1 Å². The number of aromatic nitrogens is 2. The standard InChI is InChI=1S/C18H21FN4O3/c19-14-6-4-13(5-7-14)18-21-15(26-22-18)2-1-3-16(24)23-10-8-12(9-11-23)17(20)25/h4-7,12H,1-3,8-11H2,(H2,20,25). The van der Waals surface area contributed by atoms with Crippen LogP contribution in [0.25, 0.3) is 11.4 Å². The minimum absolute atomic E-state index is 0.0613. The average Bonchev–Trinajstić information content (AvgIpc) is 3.11. The smallest absolute Gasteiger partial charge is 0.226 e. The van der Waals surface area contributed by atoms with E-state index in [9.17, 15) is 14.0 Å². The first-order valence-electron chi connectivity index (χ1n) is 8.68. The summed E-state index contributed by atoms with van der Waals surface area (Å²) in [6.45, 7) is 1.14. The number of rotatable bonds is 6. The minimum Gasteiger partial charge on any atom is -0.369 e. The molecule has 2 aromatic rings. The monoisotopic (exact) mass is 360 g/mol. The van der Waals surface area contributed by atoms with Gasteiger partial charge in [-0.05, 0) is 43.5 Å². The number of primary amides is 1. The lowest BCUT2D eigenvalue weighted by molar-refractivity contribution is -0.134. The first-order chi connectivity index (χ1) is 12.5. The number of hydrogen-bond donors (Lipinski definition) is 1. The van der Waals surface area contributed by atoms with Crippen molar-refractivity contribution in [3.05, 3.63) is 36.0 Å². The van der Waals surface area contributed by atoms with Crippen molar-refractivity contribution < 1.29 is 18.5 Å². The van der Waals surface area contributed by atoms with Crippen LogP contribution in [0.4, 0.5) is 4.39 Å². The van der Waals surface area contributed by atoms with Crippen LogP contribution in [0.3, 0.4) is 0 Å². The summed E-state index contributed by atoms with van der Waals surface area (Å²) in [6, 6.07) is 5.85. The fraction of sp³-hybridized carbons (Fsp3) is 0.444. The third-order valence-electron chi connectivity index (χ3n) is 4.60. The zero-order valence-electron chi connectivity index (χ0n) is 14.4. The Labute approximate surface area is 150 Å². The Balaban J connectivity index is 1.44. The van der Waals surface area contributed by atoms with E-state index in [4.69, 9.17) is 10.3 Å². The second-order valence-electron chi connectivity index (χ2n) is 6.43. The predicted molar refractivity (Wildman–Crippen MR) is 91.1 cm³/mol. The van der Waals surface area contributed by atoms with Crippen LogP contribution in [0.1, 0.15) is 31.6 Å². The fourth-order valence-electron chi connectivity index (χ4n) is 3.03. The van der Waals surface area contributed by atoms with E-state index >= 15 is 0 Å². The molecule has 0 bridgehead atoms. The summed E-state index contributed by atoms with van der Waals surface area (Å²) in [7, 11) is 0. The van der Waals surface area contributed by atoms with Gasteiger partial charge in [0.1, 0.15) is 5.82 Å². The van der Waals surface area contributed by atoms with Crippen LogP contribution in [-0.2, 0) is 16.0 Å². The predicted octanol–water partition coefficient (Wildman–Crippen LogP) is 1.92. The number of aryl methyl sites for hydroxylation is 1. The third-order valence-corrected chi connectivity index (χ3v) is 4.60. The zero-order valence-corrected chi connectivity index (χ0v) is 14.4. The summed E-state index contributed by atoms with van der Waals surface area (Å²) in [6.07, 6.45) is 2.74. The number of carbonyl (C=O) groups excluding carboxylic acids is 2. The van der Waals surface area contributed by atoms with Gasteiger partial charge < -0.3 is 15.2 Å². The molecule has 1 saturated heterocycles. The Morgan fingerprint density at radius 3 is 2.58 bits per heavy atom. The molecule has 0 aliphatic carbocycles. The first-order valence-corrected chi connectivity index (χ1v) is 8.68. The SMILES string of the molecule is NC(=O)C1CCN(C(=O)CCCc2nc(-c3ccc(F)cc3)no2)CC1. The van der Waals surface area contributed by atoms with Gasteiger partial charge in [0.15, 0.2) is 0 Å². The van der Waals surface area contributed by atoms with Crippen molar-refractivity contribution in [3.8, 4) is 11.4 Å². The summed E-state index contributed by atoms with van der Waals surface area (Å²) in [5.41, 5.74) is 5.98. The summed E-state index contributed by atoms with van der Waals surface area (Å²) in [5, 5.41) is 3.88. The molecule has 1 fully saturated rings. The lowest BCUT2D eigenvalue weighted by atomic mass is 9.96. The molecule has 2 amide bonds. The Morgan fingerprint density at radius 1 is 1.23 bits per heavy atom. The van der Waals surface area contributed by atoms with Gasteiger partial charge in [0.25, 0.3) is 0 Å². The molecule has 0 saturated carbocycles. The molecule has 138 valence electrons. The molecule has 8 heteroatoms. The first kappa shape index (κ1) is 18.0. The van der Waals surface area contributed by atoms with E-state index < -0.39 is 0 Å². The largest absolute Gasteiger partial charge is 0.369 e. The molecule has 0 spiro atoms. The van der Waals surface area contributed by atoms with Crippen molar-refractivity contribution in [1.29, 1.82) is 0 Å². The van der Waals surface area contributed by atoms with Gasteiger partial charge in [-0.25, -0.2) is 4.39 Å². The molecule has 1 aromatic carbocycles. The van der Waals surface area contributed by atoms with Crippen molar-refractivity contribution in [2.24, 2.45) is 11.7 Å². The number of piperidine rings is 1. The van der Waals surface area contributed by atoms with E-state index in [2.05, 4.69) is 10.1 Å². The second kappa shape index (κ2) is 8.07. The Kier molecular flexibility index (Phi) is 5.60. The quantitative estimate of drug-likeness (QED) is 0.848. The van der Waals surface area contributed by atoms with Gasteiger partial charge in [-0.15, -0.1) is 0 Å².